The number of anilines is 2. The molecule has 0 spiro atoms. The van der Waals surface area contributed by atoms with Crippen molar-refractivity contribution in [2.75, 3.05) is 30.4 Å². The van der Waals surface area contributed by atoms with Gasteiger partial charge in [0.25, 0.3) is 0 Å². The molecular weight excluding hydrogens is 232 g/mol. The number of hydrogen-bond acceptors (Lipinski definition) is 5. The van der Waals surface area contributed by atoms with Gasteiger partial charge in [-0.25, -0.2) is 9.97 Å². The minimum absolute atomic E-state index is 0.254. The maximum absolute atomic E-state index is 10.5. The van der Waals surface area contributed by atoms with E-state index >= 15 is 0 Å². The van der Waals surface area contributed by atoms with Crippen LogP contribution < -0.4 is 10.2 Å². The third-order valence-electron chi connectivity index (χ3n) is 3.29. The zero-order valence-corrected chi connectivity index (χ0v) is 10.5. The third kappa shape index (κ3) is 3.09. The molecule has 0 amide bonds. The summed E-state index contributed by atoms with van der Waals surface area (Å²) < 4.78 is 0. The van der Waals surface area contributed by atoms with Crippen molar-refractivity contribution in [3.63, 3.8) is 0 Å². The quantitative estimate of drug-likeness (QED) is 0.817. The van der Waals surface area contributed by atoms with Gasteiger partial charge in [-0.05, 0) is 18.8 Å². The molecule has 1 aliphatic heterocycles. The first-order valence-electron chi connectivity index (χ1n) is 6.15. The summed E-state index contributed by atoms with van der Waals surface area (Å²) in [4.78, 5) is 21.1. The van der Waals surface area contributed by atoms with E-state index in [0.717, 1.165) is 37.6 Å². The highest BCUT2D eigenvalue weighted by Crippen LogP contribution is 2.25. The summed E-state index contributed by atoms with van der Waals surface area (Å²) in [6.07, 6.45) is 3.58. The molecule has 0 aromatic carbocycles. The van der Waals surface area contributed by atoms with E-state index in [0.29, 0.717) is 5.92 Å². The SMILES string of the molecule is CNc1cc(N2CCC(CCC(=O)O)C2)ncn1. The van der Waals surface area contributed by atoms with E-state index in [1.807, 2.05) is 13.1 Å². The second-order valence-corrected chi connectivity index (χ2v) is 4.54. The van der Waals surface area contributed by atoms with Crippen molar-refractivity contribution < 1.29 is 9.90 Å². The molecule has 0 aliphatic carbocycles. The first-order valence-corrected chi connectivity index (χ1v) is 6.15. The second kappa shape index (κ2) is 5.66. The van der Waals surface area contributed by atoms with Crippen molar-refractivity contribution in [2.45, 2.75) is 19.3 Å². The van der Waals surface area contributed by atoms with Gasteiger partial charge < -0.3 is 15.3 Å². The van der Waals surface area contributed by atoms with Crippen molar-refractivity contribution in [1.82, 2.24) is 9.97 Å². The van der Waals surface area contributed by atoms with E-state index in [1.54, 1.807) is 6.33 Å². The van der Waals surface area contributed by atoms with Gasteiger partial charge in [-0.3, -0.25) is 4.79 Å². The lowest BCUT2D eigenvalue weighted by Crippen LogP contribution is -2.21. The molecule has 1 aromatic heterocycles. The van der Waals surface area contributed by atoms with Gasteiger partial charge in [0, 0.05) is 32.6 Å². The molecule has 6 nitrogen and oxygen atoms in total. The zero-order valence-electron chi connectivity index (χ0n) is 10.5. The topological polar surface area (TPSA) is 78.4 Å². The van der Waals surface area contributed by atoms with Gasteiger partial charge in [-0.15, -0.1) is 0 Å². The van der Waals surface area contributed by atoms with Crippen molar-refractivity contribution in [1.29, 1.82) is 0 Å². The lowest BCUT2D eigenvalue weighted by atomic mass is 10.0. The van der Waals surface area contributed by atoms with E-state index in [1.165, 1.54) is 0 Å². The normalized spacial score (nSPS) is 18.9. The van der Waals surface area contributed by atoms with Crippen LogP contribution in [0.1, 0.15) is 19.3 Å². The molecule has 0 radical (unpaired) electrons. The van der Waals surface area contributed by atoms with Gasteiger partial charge in [0.05, 0.1) is 0 Å². The van der Waals surface area contributed by atoms with Crippen LogP contribution in [0.5, 0.6) is 0 Å². The summed E-state index contributed by atoms with van der Waals surface area (Å²) in [5.41, 5.74) is 0. The second-order valence-electron chi connectivity index (χ2n) is 4.54. The molecule has 6 heteroatoms. The average molecular weight is 250 g/mol. The molecule has 98 valence electrons. The van der Waals surface area contributed by atoms with E-state index in [4.69, 9.17) is 5.11 Å². The Balaban J connectivity index is 1.93. The van der Waals surface area contributed by atoms with Crippen LogP contribution in [-0.2, 0) is 4.79 Å². The fourth-order valence-electron chi connectivity index (χ4n) is 2.26. The Morgan fingerprint density at radius 2 is 2.44 bits per heavy atom. The first-order chi connectivity index (χ1) is 8.69. The van der Waals surface area contributed by atoms with Crippen molar-refractivity contribution in [3.05, 3.63) is 12.4 Å². The zero-order chi connectivity index (χ0) is 13.0. The summed E-state index contributed by atoms with van der Waals surface area (Å²) in [6.45, 7) is 1.82. The molecule has 18 heavy (non-hydrogen) atoms. The van der Waals surface area contributed by atoms with Crippen molar-refractivity contribution in [3.8, 4) is 0 Å². The molecular formula is C12H18N4O2. The van der Waals surface area contributed by atoms with Crippen LogP contribution in [0.15, 0.2) is 12.4 Å². The highest BCUT2D eigenvalue weighted by atomic mass is 16.4. The predicted octanol–water partition coefficient (Wildman–Crippen LogP) is 1.21. The van der Waals surface area contributed by atoms with Crippen LogP contribution in [0.25, 0.3) is 0 Å². The Morgan fingerprint density at radius 1 is 1.61 bits per heavy atom. The van der Waals surface area contributed by atoms with Crippen LogP contribution >= 0.6 is 0 Å². The van der Waals surface area contributed by atoms with Gasteiger partial charge in [-0.2, -0.15) is 0 Å². The number of hydrogen-bond donors (Lipinski definition) is 2. The van der Waals surface area contributed by atoms with Crippen LogP contribution in [0.3, 0.4) is 0 Å². The molecule has 2 heterocycles. The lowest BCUT2D eigenvalue weighted by molar-refractivity contribution is -0.137. The van der Waals surface area contributed by atoms with Crippen LogP contribution in [-0.4, -0.2) is 41.2 Å². The smallest absolute Gasteiger partial charge is 0.303 e. The van der Waals surface area contributed by atoms with Gasteiger partial charge in [0.2, 0.25) is 0 Å². The Kier molecular flexibility index (Phi) is 3.96. The van der Waals surface area contributed by atoms with Gasteiger partial charge in [-0.1, -0.05) is 0 Å². The van der Waals surface area contributed by atoms with Crippen molar-refractivity contribution >= 4 is 17.6 Å². The fourth-order valence-corrected chi connectivity index (χ4v) is 2.26. The van der Waals surface area contributed by atoms with Gasteiger partial charge >= 0.3 is 5.97 Å². The van der Waals surface area contributed by atoms with Gasteiger partial charge in [0.1, 0.15) is 18.0 Å². The highest BCUT2D eigenvalue weighted by Gasteiger charge is 2.24. The van der Waals surface area contributed by atoms with Crippen LogP contribution in [0.2, 0.25) is 0 Å². The summed E-state index contributed by atoms with van der Waals surface area (Å²) in [6, 6.07) is 1.92. The number of rotatable bonds is 5. The number of nitrogens with zero attached hydrogens (tertiary/aromatic N) is 3. The first kappa shape index (κ1) is 12.6. The molecule has 0 saturated carbocycles. The minimum atomic E-state index is -0.715. The van der Waals surface area contributed by atoms with E-state index in [2.05, 4.69) is 20.2 Å². The van der Waals surface area contributed by atoms with E-state index < -0.39 is 5.97 Å². The minimum Gasteiger partial charge on any atom is -0.481 e. The number of carboxylic acid groups (broad SMARTS) is 1. The average Bonchev–Trinajstić information content (AvgIpc) is 2.85. The van der Waals surface area contributed by atoms with E-state index in [-0.39, 0.29) is 6.42 Å². The van der Waals surface area contributed by atoms with Gasteiger partial charge in [0.15, 0.2) is 0 Å². The molecule has 1 aliphatic rings. The molecule has 1 atom stereocenters. The number of nitrogens with one attached hydrogen (secondary N) is 1. The number of carbonyl (C=O) groups is 1. The number of carboxylic acids is 1. The Labute approximate surface area is 106 Å². The molecule has 0 bridgehead atoms. The molecule has 2 N–H and O–H groups in total. The largest absolute Gasteiger partial charge is 0.481 e. The summed E-state index contributed by atoms with van der Waals surface area (Å²) in [7, 11) is 1.83. The standard InChI is InChI=1S/C12H18N4O2/c1-13-10-6-11(15-8-14-10)16-5-4-9(7-16)2-3-12(17)18/h6,8-9H,2-5,7H2,1H3,(H,17,18)(H,13,14,15). The van der Waals surface area contributed by atoms with Crippen LogP contribution in [0, 0.1) is 5.92 Å². The monoisotopic (exact) mass is 250 g/mol. The molecule has 1 aromatic rings. The number of aliphatic carboxylic acids is 1. The fraction of sp³-hybridized carbons (Fsp3) is 0.583. The Hall–Kier alpha value is -1.85. The predicted molar refractivity (Wildman–Crippen MR) is 68.8 cm³/mol. The number of aromatic nitrogens is 2. The lowest BCUT2D eigenvalue weighted by Gasteiger charge is -2.17. The van der Waals surface area contributed by atoms with E-state index in [9.17, 15) is 4.79 Å². The van der Waals surface area contributed by atoms with Crippen LogP contribution in [0.4, 0.5) is 11.6 Å². The maximum Gasteiger partial charge on any atom is 0.303 e. The summed E-state index contributed by atoms with van der Waals surface area (Å²) in [5, 5.41) is 11.7. The molecule has 2 rings (SSSR count). The molecule has 1 saturated heterocycles. The molecule has 1 fully saturated rings. The third-order valence-corrected chi connectivity index (χ3v) is 3.29. The van der Waals surface area contributed by atoms with Crippen molar-refractivity contribution in [2.24, 2.45) is 5.92 Å². The Morgan fingerprint density at radius 3 is 3.17 bits per heavy atom. The Bertz CT molecular complexity index is 424. The summed E-state index contributed by atoms with van der Waals surface area (Å²) >= 11 is 0. The maximum atomic E-state index is 10.5. The highest BCUT2D eigenvalue weighted by molar-refractivity contribution is 5.66. The summed E-state index contributed by atoms with van der Waals surface area (Å²) in [5.74, 6) is 1.45. The molecule has 1 unspecified atom stereocenters.